The molecule has 0 spiro atoms. The Labute approximate surface area is 84.4 Å². The van der Waals surface area contributed by atoms with Crippen molar-refractivity contribution in [3.63, 3.8) is 0 Å². The summed E-state index contributed by atoms with van der Waals surface area (Å²) >= 11 is 0. The zero-order chi connectivity index (χ0) is 10.3. The van der Waals surface area contributed by atoms with Crippen LogP contribution in [0, 0.1) is 6.92 Å². The molecule has 0 saturated carbocycles. The topological polar surface area (TPSA) is 28.7 Å². The third-order valence-corrected chi connectivity index (χ3v) is 2.46. The Hall–Kier alpha value is -1.31. The van der Waals surface area contributed by atoms with Gasteiger partial charge in [0, 0.05) is 17.3 Å². The van der Waals surface area contributed by atoms with Gasteiger partial charge in [-0.15, -0.1) is 0 Å². The van der Waals surface area contributed by atoms with Crippen LogP contribution in [0.5, 0.6) is 0 Å². The molecule has 74 valence electrons. The molecule has 0 aliphatic heterocycles. The highest BCUT2D eigenvalue weighted by Gasteiger charge is 2.18. The van der Waals surface area contributed by atoms with Crippen LogP contribution in [-0.4, -0.2) is 9.97 Å². The van der Waals surface area contributed by atoms with Crippen molar-refractivity contribution in [1.29, 1.82) is 0 Å². The van der Waals surface area contributed by atoms with E-state index < -0.39 is 0 Å². The van der Waals surface area contributed by atoms with Crippen molar-refractivity contribution in [2.24, 2.45) is 0 Å². The smallest absolute Gasteiger partial charge is 0.137 e. The number of nitrogens with zero attached hydrogens (tertiary/aromatic N) is 1. The number of pyridine rings is 1. The predicted molar refractivity (Wildman–Crippen MR) is 59.5 cm³/mol. The van der Waals surface area contributed by atoms with Crippen LogP contribution < -0.4 is 0 Å². The molecule has 1 N–H and O–H groups in total. The summed E-state index contributed by atoms with van der Waals surface area (Å²) in [6.07, 6.45) is 1.95. The molecule has 2 rings (SSSR count). The maximum atomic E-state index is 4.45. The van der Waals surface area contributed by atoms with E-state index in [4.69, 9.17) is 0 Å². The minimum atomic E-state index is 0.175. The molecule has 0 aliphatic rings. The van der Waals surface area contributed by atoms with E-state index in [0.717, 1.165) is 11.3 Å². The summed E-state index contributed by atoms with van der Waals surface area (Å²) in [7, 11) is 0. The van der Waals surface area contributed by atoms with E-state index in [0.29, 0.717) is 0 Å². The van der Waals surface area contributed by atoms with Gasteiger partial charge >= 0.3 is 0 Å². The van der Waals surface area contributed by atoms with Crippen molar-refractivity contribution < 1.29 is 0 Å². The second-order valence-electron chi connectivity index (χ2n) is 4.80. The fourth-order valence-corrected chi connectivity index (χ4v) is 1.79. The average Bonchev–Trinajstić information content (AvgIpc) is 2.47. The maximum absolute atomic E-state index is 4.45. The minimum Gasteiger partial charge on any atom is -0.346 e. The lowest BCUT2D eigenvalue weighted by molar-refractivity contribution is 0.594. The first-order valence-corrected chi connectivity index (χ1v) is 4.94. The second kappa shape index (κ2) is 2.84. The molecule has 2 nitrogen and oxygen atoms in total. The van der Waals surface area contributed by atoms with Crippen LogP contribution in [-0.2, 0) is 5.41 Å². The number of H-pyrrole nitrogens is 1. The number of rotatable bonds is 0. The lowest BCUT2D eigenvalue weighted by Gasteiger charge is -2.20. The van der Waals surface area contributed by atoms with Gasteiger partial charge in [0.25, 0.3) is 0 Å². The number of aromatic amines is 1. The maximum Gasteiger partial charge on any atom is 0.137 e. The standard InChI is InChI=1S/C12H16N2/c1-8-7-10(12(2,3)4)9-5-6-13-11(9)14-8/h5-7H,1-4H3,(H,13,14). The summed E-state index contributed by atoms with van der Waals surface area (Å²) in [6, 6.07) is 4.28. The van der Waals surface area contributed by atoms with Gasteiger partial charge in [0.15, 0.2) is 0 Å². The lowest BCUT2D eigenvalue weighted by Crippen LogP contribution is -2.12. The summed E-state index contributed by atoms with van der Waals surface area (Å²) in [5, 5.41) is 1.24. The molecule has 2 heteroatoms. The third kappa shape index (κ3) is 1.41. The van der Waals surface area contributed by atoms with Gasteiger partial charge in [-0.25, -0.2) is 4.98 Å². The fourth-order valence-electron chi connectivity index (χ4n) is 1.79. The first-order valence-electron chi connectivity index (χ1n) is 4.94. The Kier molecular flexibility index (Phi) is 1.88. The fraction of sp³-hybridized carbons (Fsp3) is 0.417. The van der Waals surface area contributed by atoms with Crippen LogP contribution in [0.15, 0.2) is 18.3 Å². The molecular formula is C12H16N2. The van der Waals surface area contributed by atoms with Gasteiger partial charge in [0.1, 0.15) is 5.65 Å². The highest BCUT2D eigenvalue weighted by atomic mass is 14.8. The Bertz CT molecular complexity index is 461. The second-order valence-corrected chi connectivity index (χ2v) is 4.80. The highest BCUT2D eigenvalue weighted by molar-refractivity contribution is 5.80. The van der Waals surface area contributed by atoms with E-state index in [2.05, 4.69) is 42.9 Å². The van der Waals surface area contributed by atoms with Gasteiger partial charge < -0.3 is 4.98 Å². The first-order chi connectivity index (χ1) is 6.48. The molecule has 0 aromatic carbocycles. The first kappa shape index (κ1) is 9.25. The SMILES string of the molecule is Cc1cc(C(C)(C)C)c2cc[nH]c2n1. The van der Waals surface area contributed by atoms with Crippen molar-refractivity contribution in [2.75, 3.05) is 0 Å². The van der Waals surface area contributed by atoms with E-state index >= 15 is 0 Å². The number of hydrogen-bond donors (Lipinski definition) is 1. The number of aryl methyl sites for hydroxylation is 1. The Morgan fingerprint density at radius 1 is 1.29 bits per heavy atom. The van der Waals surface area contributed by atoms with Crippen molar-refractivity contribution in [1.82, 2.24) is 9.97 Å². The van der Waals surface area contributed by atoms with Crippen molar-refractivity contribution in [3.8, 4) is 0 Å². The van der Waals surface area contributed by atoms with Gasteiger partial charge in [-0.05, 0) is 30.0 Å². The summed E-state index contributed by atoms with van der Waals surface area (Å²) in [5.41, 5.74) is 3.61. The molecule has 2 heterocycles. The lowest BCUT2D eigenvalue weighted by atomic mass is 9.85. The molecule has 0 unspecified atom stereocenters. The zero-order valence-corrected chi connectivity index (χ0v) is 9.18. The van der Waals surface area contributed by atoms with Gasteiger partial charge in [-0.3, -0.25) is 0 Å². The third-order valence-electron chi connectivity index (χ3n) is 2.46. The van der Waals surface area contributed by atoms with Crippen molar-refractivity contribution >= 4 is 11.0 Å². The van der Waals surface area contributed by atoms with Crippen LogP contribution >= 0.6 is 0 Å². The molecule has 2 aromatic heterocycles. The Balaban J connectivity index is 2.80. The molecule has 14 heavy (non-hydrogen) atoms. The number of fused-ring (bicyclic) bond motifs is 1. The molecular weight excluding hydrogens is 172 g/mol. The average molecular weight is 188 g/mol. The summed E-state index contributed by atoms with van der Waals surface area (Å²) < 4.78 is 0. The molecule has 0 atom stereocenters. The Morgan fingerprint density at radius 3 is 2.64 bits per heavy atom. The molecule has 0 radical (unpaired) electrons. The molecule has 0 saturated heterocycles. The van der Waals surface area contributed by atoms with Crippen LogP contribution in [0.25, 0.3) is 11.0 Å². The van der Waals surface area contributed by atoms with E-state index in [1.54, 1.807) is 0 Å². The minimum absolute atomic E-state index is 0.175. The number of hydrogen-bond acceptors (Lipinski definition) is 1. The van der Waals surface area contributed by atoms with Crippen molar-refractivity contribution in [3.05, 3.63) is 29.6 Å². The number of nitrogens with one attached hydrogen (secondary N) is 1. The molecule has 2 aromatic rings. The normalized spacial score (nSPS) is 12.3. The molecule has 0 aliphatic carbocycles. The van der Waals surface area contributed by atoms with Gasteiger partial charge in [-0.1, -0.05) is 20.8 Å². The van der Waals surface area contributed by atoms with E-state index in [-0.39, 0.29) is 5.41 Å². The van der Waals surface area contributed by atoms with Crippen LogP contribution in [0.1, 0.15) is 32.0 Å². The van der Waals surface area contributed by atoms with Crippen LogP contribution in [0.2, 0.25) is 0 Å². The monoisotopic (exact) mass is 188 g/mol. The largest absolute Gasteiger partial charge is 0.346 e. The van der Waals surface area contributed by atoms with E-state index in [1.807, 2.05) is 13.1 Å². The van der Waals surface area contributed by atoms with E-state index in [1.165, 1.54) is 10.9 Å². The van der Waals surface area contributed by atoms with Gasteiger partial charge in [0.2, 0.25) is 0 Å². The van der Waals surface area contributed by atoms with Crippen molar-refractivity contribution in [2.45, 2.75) is 33.1 Å². The predicted octanol–water partition coefficient (Wildman–Crippen LogP) is 3.17. The summed E-state index contributed by atoms with van der Waals surface area (Å²) in [5.74, 6) is 0. The van der Waals surface area contributed by atoms with Crippen LogP contribution in [0.3, 0.4) is 0 Å². The number of aromatic nitrogens is 2. The zero-order valence-electron chi connectivity index (χ0n) is 9.18. The molecule has 0 fully saturated rings. The van der Waals surface area contributed by atoms with Gasteiger partial charge in [-0.2, -0.15) is 0 Å². The molecule has 0 bridgehead atoms. The quantitative estimate of drug-likeness (QED) is 0.676. The summed E-state index contributed by atoms with van der Waals surface area (Å²) in [4.78, 5) is 7.62. The highest BCUT2D eigenvalue weighted by Crippen LogP contribution is 2.29. The van der Waals surface area contributed by atoms with Gasteiger partial charge in [0.05, 0.1) is 0 Å². The summed E-state index contributed by atoms with van der Waals surface area (Å²) in [6.45, 7) is 8.73. The van der Waals surface area contributed by atoms with Crippen LogP contribution in [0.4, 0.5) is 0 Å². The molecule has 0 amide bonds. The Morgan fingerprint density at radius 2 is 2.00 bits per heavy atom. The van der Waals surface area contributed by atoms with E-state index in [9.17, 15) is 0 Å².